The van der Waals surface area contributed by atoms with Gasteiger partial charge in [-0.2, -0.15) is 8.42 Å². The molecule has 6 nitrogen and oxygen atoms in total. The first-order valence-electron chi connectivity index (χ1n) is 9.98. The summed E-state index contributed by atoms with van der Waals surface area (Å²) in [5.74, 6) is 0.168. The molecule has 0 saturated carbocycles. The molecule has 0 aliphatic heterocycles. The maximum absolute atomic E-state index is 12.8. The van der Waals surface area contributed by atoms with Crippen LogP contribution < -0.4 is 4.18 Å². The maximum Gasteiger partial charge on any atom is 0.340 e. The SMILES string of the molecule is COCCN(Cc1cccc(OS(=O)(=O)c2c(C)cccc2Cl)c1)C(=O)CC(C)(C)C. The topological polar surface area (TPSA) is 72.9 Å². The van der Waals surface area contributed by atoms with Gasteiger partial charge >= 0.3 is 10.1 Å². The van der Waals surface area contributed by atoms with Gasteiger partial charge in [-0.15, -0.1) is 0 Å². The smallest absolute Gasteiger partial charge is 0.340 e. The van der Waals surface area contributed by atoms with E-state index < -0.39 is 10.1 Å². The van der Waals surface area contributed by atoms with Crippen LogP contribution in [0.25, 0.3) is 0 Å². The normalized spacial score (nSPS) is 11.9. The Kier molecular flexibility index (Phi) is 8.51. The molecule has 0 saturated heterocycles. The summed E-state index contributed by atoms with van der Waals surface area (Å²) in [6, 6.07) is 11.5. The van der Waals surface area contributed by atoms with Crippen LogP contribution in [0.1, 0.15) is 38.3 Å². The van der Waals surface area contributed by atoms with Crippen LogP contribution in [0.4, 0.5) is 0 Å². The van der Waals surface area contributed by atoms with Crippen molar-refractivity contribution in [1.29, 1.82) is 0 Å². The van der Waals surface area contributed by atoms with Gasteiger partial charge in [-0.1, -0.05) is 56.6 Å². The number of aryl methyl sites for hydroxylation is 1. The monoisotopic (exact) mass is 467 g/mol. The van der Waals surface area contributed by atoms with Crippen molar-refractivity contribution in [3.63, 3.8) is 0 Å². The first kappa shape index (κ1) is 25.2. The lowest BCUT2D eigenvalue weighted by Crippen LogP contribution is -2.35. The highest BCUT2D eigenvalue weighted by Gasteiger charge is 2.24. The molecule has 8 heteroatoms. The molecule has 31 heavy (non-hydrogen) atoms. The third kappa shape index (κ3) is 7.52. The zero-order valence-electron chi connectivity index (χ0n) is 18.6. The Balaban J connectivity index is 2.24. The van der Waals surface area contributed by atoms with Crippen molar-refractivity contribution >= 4 is 27.6 Å². The van der Waals surface area contributed by atoms with E-state index in [0.717, 1.165) is 5.56 Å². The van der Waals surface area contributed by atoms with Gasteiger partial charge in [0.2, 0.25) is 5.91 Å². The molecule has 0 N–H and O–H groups in total. The van der Waals surface area contributed by atoms with Crippen molar-refractivity contribution < 1.29 is 22.1 Å². The van der Waals surface area contributed by atoms with Crippen LogP contribution in [0.5, 0.6) is 5.75 Å². The van der Waals surface area contributed by atoms with E-state index in [2.05, 4.69) is 0 Å². The molecule has 0 atom stereocenters. The van der Waals surface area contributed by atoms with Crippen molar-refractivity contribution in [1.82, 2.24) is 4.90 Å². The number of benzene rings is 2. The first-order chi connectivity index (χ1) is 14.4. The van der Waals surface area contributed by atoms with Crippen molar-refractivity contribution in [3.05, 3.63) is 58.6 Å². The highest BCUT2D eigenvalue weighted by molar-refractivity contribution is 7.87. The quantitative estimate of drug-likeness (QED) is 0.494. The molecule has 0 radical (unpaired) electrons. The van der Waals surface area contributed by atoms with E-state index in [0.29, 0.717) is 31.7 Å². The number of carbonyl (C=O) groups excluding carboxylic acids is 1. The fourth-order valence-corrected chi connectivity index (χ4v) is 4.79. The minimum Gasteiger partial charge on any atom is -0.383 e. The van der Waals surface area contributed by atoms with Crippen LogP contribution in [-0.4, -0.2) is 39.5 Å². The number of halogens is 1. The Morgan fingerprint density at radius 3 is 2.42 bits per heavy atom. The predicted octanol–water partition coefficient (Wildman–Crippen LogP) is 4.83. The van der Waals surface area contributed by atoms with Crippen LogP contribution >= 0.6 is 11.6 Å². The molecule has 2 aromatic carbocycles. The van der Waals surface area contributed by atoms with Crippen LogP contribution in [0.3, 0.4) is 0 Å². The molecular formula is C23H30ClNO5S. The summed E-state index contributed by atoms with van der Waals surface area (Å²) >= 11 is 6.10. The fraction of sp³-hybridized carbons (Fsp3) is 0.435. The van der Waals surface area contributed by atoms with E-state index in [9.17, 15) is 13.2 Å². The van der Waals surface area contributed by atoms with Gasteiger partial charge in [0, 0.05) is 26.6 Å². The van der Waals surface area contributed by atoms with E-state index in [4.69, 9.17) is 20.5 Å². The second kappa shape index (κ2) is 10.5. The van der Waals surface area contributed by atoms with Gasteiger partial charge in [-0.25, -0.2) is 0 Å². The van der Waals surface area contributed by atoms with E-state index in [-0.39, 0.29) is 27.0 Å². The van der Waals surface area contributed by atoms with Gasteiger partial charge < -0.3 is 13.8 Å². The highest BCUT2D eigenvalue weighted by Crippen LogP contribution is 2.28. The average molecular weight is 468 g/mol. The lowest BCUT2D eigenvalue weighted by atomic mass is 9.91. The van der Waals surface area contributed by atoms with E-state index in [1.54, 1.807) is 49.3 Å². The molecular weight excluding hydrogens is 438 g/mol. The second-order valence-electron chi connectivity index (χ2n) is 8.62. The molecule has 0 aliphatic rings. The number of methoxy groups -OCH3 is 1. The Morgan fingerprint density at radius 2 is 1.81 bits per heavy atom. The third-order valence-electron chi connectivity index (χ3n) is 4.49. The highest BCUT2D eigenvalue weighted by atomic mass is 35.5. The summed E-state index contributed by atoms with van der Waals surface area (Å²) < 4.78 is 36.1. The first-order valence-corrected chi connectivity index (χ1v) is 11.8. The van der Waals surface area contributed by atoms with E-state index in [1.165, 1.54) is 6.07 Å². The van der Waals surface area contributed by atoms with Crippen LogP contribution in [0.15, 0.2) is 47.4 Å². The Labute approximate surface area is 190 Å². The summed E-state index contributed by atoms with van der Waals surface area (Å²) in [6.07, 6.45) is 0.396. The van der Waals surface area contributed by atoms with E-state index >= 15 is 0 Å². The number of ether oxygens (including phenoxy) is 1. The van der Waals surface area contributed by atoms with Gasteiger partial charge in [0.25, 0.3) is 0 Å². The number of amides is 1. The molecule has 0 bridgehead atoms. The molecule has 170 valence electrons. The maximum atomic E-state index is 12.8. The van der Waals surface area contributed by atoms with Crippen molar-refractivity contribution in [3.8, 4) is 5.75 Å². The number of rotatable bonds is 9. The van der Waals surface area contributed by atoms with Crippen LogP contribution in [0, 0.1) is 12.3 Å². The lowest BCUT2D eigenvalue weighted by molar-refractivity contribution is -0.134. The van der Waals surface area contributed by atoms with Crippen molar-refractivity contribution in [2.24, 2.45) is 5.41 Å². The number of hydrogen-bond acceptors (Lipinski definition) is 5. The summed E-state index contributed by atoms with van der Waals surface area (Å²) in [4.78, 5) is 14.4. The van der Waals surface area contributed by atoms with Gasteiger partial charge in [0.15, 0.2) is 0 Å². The van der Waals surface area contributed by atoms with E-state index in [1.807, 2.05) is 26.8 Å². The second-order valence-corrected chi connectivity index (χ2v) is 10.5. The van der Waals surface area contributed by atoms with Gasteiger partial charge in [-0.05, 0) is 41.7 Å². The van der Waals surface area contributed by atoms with Gasteiger partial charge in [0.05, 0.1) is 11.6 Å². The molecule has 0 spiro atoms. The minimum absolute atomic E-state index is 0.00943. The fourth-order valence-electron chi connectivity index (χ4n) is 3.08. The van der Waals surface area contributed by atoms with Gasteiger partial charge in [-0.3, -0.25) is 4.79 Å². The van der Waals surface area contributed by atoms with Crippen molar-refractivity contribution in [2.75, 3.05) is 20.3 Å². The van der Waals surface area contributed by atoms with Crippen molar-refractivity contribution in [2.45, 2.75) is 45.6 Å². The third-order valence-corrected chi connectivity index (χ3v) is 6.37. The molecule has 1 amide bonds. The molecule has 0 heterocycles. The number of hydrogen-bond donors (Lipinski definition) is 0. The molecule has 0 aliphatic carbocycles. The summed E-state index contributed by atoms with van der Waals surface area (Å²) in [5.41, 5.74) is 1.11. The predicted molar refractivity (Wildman–Crippen MR) is 122 cm³/mol. The lowest BCUT2D eigenvalue weighted by Gasteiger charge is -2.27. The summed E-state index contributed by atoms with van der Waals surface area (Å²) in [7, 11) is -2.52. The Morgan fingerprint density at radius 1 is 1.13 bits per heavy atom. The molecule has 2 rings (SSSR count). The Hall–Kier alpha value is -2.09. The average Bonchev–Trinajstić information content (AvgIpc) is 2.63. The Bertz CT molecular complexity index is 995. The van der Waals surface area contributed by atoms with Crippen LogP contribution in [-0.2, 0) is 26.2 Å². The minimum atomic E-state index is -4.11. The largest absolute Gasteiger partial charge is 0.383 e. The number of nitrogens with zero attached hydrogens (tertiary/aromatic N) is 1. The van der Waals surface area contributed by atoms with Crippen LogP contribution in [0.2, 0.25) is 5.02 Å². The standard InChI is InChI=1S/C23H30ClNO5S/c1-17-8-6-11-20(24)22(17)31(27,28)30-19-10-7-9-18(14-19)16-25(12-13-29-5)21(26)15-23(2,3)4/h6-11,14H,12-13,15-16H2,1-5H3. The zero-order valence-corrected chi connectivity index (χ0v) is 20.2. The summed E-state index contributed by atoms with van der Waals surface area (Å²) in [6.45, 7) is 8.85. The molecule has 0 fully saturated rings. The molecule has 0 unspecified atom stereocenters. The number of carbonyl (C=O) groups is 1. The summed E-state index contributed by atoms with van der Waals surface area (Å²) in [5, 5.41) is 0.106. The zero-order chi connectivity index (χ0) is 23.2. The molecule has 2 aromatic rings. The molecule has 0 aromatic heterocycles. The van der Waals surface area contributed by atoms with Gasteiger partial charge in [0.1, 0.15) is 10.6 Å².